The van der Waals surface area contributed by atoms with Crippen molar-refractivity contribution in [3.05, 3.63) is 24.3 Å². The molecule has 2 rings (SSSR count). The first kappa shape index (κ1) is 21.7. The van der Waals surface area contributed by atoms with Gasteiger partial charge in [-0.3, -0.25) is 9.69 Å². The minimum Gasteiger partial charge on any atom is -0.492 e. The van der Waals surface area contributed by atoms with Crippen molar-refractivity contribution < 1.29 is 14.3 Å². The molecule has 5 nitrogen and oxygen atoms in total. The Morgan fingerprint density at radius 3 is 2.44 bits per heavy atom. The lowest BCUT2D eigenvalue weighted by Gasteiger charge is -2.30. The van der Waals surface area contributed by atoms with Crippen LogP contribution in [0.4, 0.5) is 5.69 Å². The first-order valence-corrected chi connectivity index (χ1v) is 10.1. The molecule has 0 radical (unpaired) electrons. The summed E-state index contributed by atoms with van der Waals surface area (Å²) in [6, 6.07) is 7.56. The third-order valence-electron chi connectivity index (χ3n) is 5.39. The summed E-state index contributed by atoms with van der Waals surface area (Å²) in [7, 11) is 1.59. The predicted octanol–water partition coefficient (Wildman–Crippen LogP) is 4.19. The minimum atomic E-state index is -0.824. The molecule has 1 atom stereocenters. The molecule has 0 aromatic heterocycles. The number of benzene rings is 1. The number of piperidine rings is 1. The summed E-state index contributed by atoms with van der Waals surface area (Å²) in [5, 5.41) is 2.95. The van der Waals surface area contributed by atoms with Crippen LogP contribution in [-0.2, 0) is 9.53 Å². The van der Waals surface area contributed by atoms with E-state index in [4.69, 9.17) is 9.47 Å². The van der Waals surface area contributed by atoms with Gasteiger partial charge >= 0.3 is 0 Å². The summed E-state index contributed by atoms with van der Waals surface area (Å²) in [4.78, 5) is 15.1. The highest BCUT2D eigenvalue weighted by Gasteiger charge is 2.33. The molecule has 0 saturated carbocycles. The Kier molecular flexibility index (Phi) is 8.11. The van der Waals surface area contributed by atoms with Gasteiger partial charge in [0.15, 0.2) is 0 Å². The van der Waals surface area contributed by atoms with Gasteiger partial charge in [-0.1, -0.05) is 20.8 Å². The van der Waals surface area contributed by atoms with Gasteiger partial charge in [0.05, 0.1) is 0 Å². The van der Waals surface area contributed by atoms with E-state index in [1.165, 1.54) is 25.9 Å². The Hall–Kier alpha value is -1.59. The highest BCUT2D eigenvalue weighted by Crippen LogP contribution is 2.23. The van der Waals surface area contributed by atoms with Crippen molar-refractivity contribution in [1.82, 2.24) is 4.90 Å². The average molecular weight is 377 g/mol. The smallest absolute Gasteiger partial charge is 0.256 e. The third-order valence-corrected chi connectivity index (χ3v) is 5.39. The van der Waals surface area contributed by atoms with Crippen molar-refractivity contribution in [2.45, 2.75) is 52.6 Å². The number of nitrogens with zero attached hydrogens (tertiary/aromatic N) is 1. The fourth-order valence-electron chi connectivity index (χ4n) is 3.52. The summed E-state index contributed by atoms with van der Waals surface area (Å²) >= 11 is 0. The molecule has 1 fully saturated rings. The Balaban J connectivity index is 1.79. The van der Waals surface area contributed by atoms with Gasteiger partial charge in [0.1, 0.15) is 18.0 Å². The highest BCUT2D eigenvalue weighted by atomic mass is 16.5. The number of nitrogens with one attached hydrogen (secondary N) is 1. The van der Waals surface area contributed by atoms with Crippen LogP contribution >= 0.6 is 0 Å². The number of likely N-dealkylation sites (tertiary alicyclic amines) is 1. The first-order valence-electron chi connectivity index (χ1n) is 10.1. The van der Waals surface area contributed by atoms with Crippen molar-refractivity contribution >= 4 is 11.6 Å². The molecular formula is C22H36N2O3. The molecule has 27 heavy (non-hydrogen) atoms. The van der Waals surface area contributed by atoms with Crippen LogP contribution in [0.5, 0.6) is 5.75 Å². The van der Waals surface area contributed by atoms with Gasteiger partial charge in [-0.25, -0.2) is 0 Å². The van der Waals surface area contributed by atoms with E-state index in [1.807, 2.05) is 31.2 Å². The summed E-state index contributed by atoms with van der Waals surface area (Å²) in [6.45, 7) is 12.3. The maximum Gasteiger partial charge on any atom is 0.256 e. The van der Waals surface area contributed by atoms with Crippen molar-refractivity contribution in [3.8, 4) is 5.75 Å². The Morgan fingerprint density at radius 2 is 1.89 bits per heavy atom. The van der Waals surface area contributed by atoms with Gasteiger partial charge < -0.3 is 14.8 Å². The van der Waals surface area contributed by atoms with E-state index in [2.05, 4.69) is 31.0 Å². The van der Waals surface area contributed by atoms with Crippen LogP contribution in [0.25, 0.3) is 0 Å². The van der Waals surface area contributed by atoms with Gasteiger partial charge in [0.2, 0.25) is 0 Å². The number of ether oxygens (including phenoxy) is 2. The predicted molar refractivity (Wildman–Crippen MR) is 110 cm³/mol. The van der Waals surface area contributed by atoms with Gasteiger partial charge in [0, 0.05) is 19.3 Å². The summed E-state index contributed by atoms with van der Waals surface area (Å²) in [6.07, 6.45) is 3.24. The number of hydrogen-bond donors (Lipinski definition) is 1. The number of rotatable bonds is 9. The molecule has 1 aromatic carbocycles. The minimum absolute atomic E-state index is 0.119. The molecule has 1 aliphatic heterocycles. The normalized spacial score (nSPS) is 18.3. The number of amides is 1. The topological polar surface area (TPSA) is 50.8 Å². The van der Waals surface area contributed by atoms with Crippen LogP contribution in [-0.4, -0.2) is 49.8 Å². The second kappa shape index (κ2) is 10.1. The molecule has 0 spiro atoms. The average Bonchev–Trinajstić information content (AvgIpc) is 2.64. The van der Waals surface area contributed by atoms with Gasteiger partial charge in [0.25, 0.3) is 5.91 Å². The van der Waals surface area contributed by atoms with Crippen LogP contribution < -0.4 is 10.1 Å². The number of anilines is 1. The lowest BCUT2D eigenvalue weighted by Crippen LogP contribution is -2.43. The van der Waals surface area contributed by atoms with Gasteiger partial charge in [-0.05, 0) is 75.4 Å². The van der Waals surface area contributed by atoms with Gasteiger partial charge in [-0.2, -0.15) is 0 Å². The number of carbonyl (C=O) groups is 1. The summed E-state index contributed by atoms with van der Waals surface area (Å²) in [5.74, 6) is 1.94. The monoisotopic (exact) mass is 376 g/mol. The molecule has 152 valence electrons. The summed E-state index contributed by atoms with van der Waals surface area (Å²) in [5.41, 5.74) is -0.0701. The van der Waals surface area contributed by atoms with Crippen molar-refractivity contribution in [3.63, 3.8) is 0 Å². The maximum atomic E-state index is 12.6. The molecular weight excluding hydrogens is 340 g/mol. The Bertz CT molecular complexity index is 580. The quantitative estimate of drug-likeness (QED) is 0.702. The molecule has 1 amide bonds. The van der Waals surface area contributed by atoms with E-state index in [-0.39, 0.29) is 5.91 Å². The second-order valence-electron chi connectivity index (χ2n) is 8.38. The molecule has 1 aliphatic rings. The lowest BCUT2D eigenvalue weighted by atomic mass is 9.93. The number of carbonyl (C=O) groups excluding carboxylic acids is 1. The maximum absolute atomic E-state index is 12.6. The zero-order valence-electron chi connectivity index (χ0n) is 17.6. The largest absolute Gasteiger partial charge is 0.492 e. The first-order chi connectivity index (χ1) is 12.8. The van der Waals surface area contributed by atoms with E-state index in [9.17, 15) is 4.79 Å². The van der Waals surface area contributed by atoms with E-state index in [1.54, 1.807) is 7.11 Å². The molecule has 1 N–H and O–H groups in total. The van der Waals surface area contributed by atoms with Crippen molar-refractivity contribution in [1.29, 1.82) is 0 Å². The zero-order valence-corrected chi connectivity index (χ0v) is 17.6. The van der Waals surface area contributed by atoms with Crippen LogP contribution in [0.15, 0.2) is 24.3 Å². The number of methoxy groups -OCH3 is 1. The molecule has 1 unspecified atom stereocenters. The van der Waals surface area contributed by atoms with E-state index < -0.39 is 5.60 Å². The SMILES string of the molecule is COC(C)(CC(C)C)C(=O)Nc1ccc(OCCN2CCC(C)CC2)cc1. The molecule has 5 heteroatoms. The molecule has 1 heterocycles. The van der Waals surface area contributed by atoms with Crippen LogP contribution in [0.3, 0.4) is 0 Å². The fourth-order valence-corrected chi connectivity index (χ4v) is 3.52. The standard InChI is InChI=1S/C22H36N2O3/c1-17(2)16-22(4,26-5)21(25)23-19-6-8-20(9-7-19)27-15-14-24-12-10-18(3)11-13-24/h6-9,17-18H,10-16H2,1-5H3,(H,23,25). The van der Waals surface area contributed by atoms with Gasteiger partial charge in [-0.15, -0.1) is 0 Å². The molecule has 1 saturated heterocycles. The molecule has 0 aliphatic carbocycles. The van der Waals surface area contributed by atoms with E-state index >= 15 is 0 Å². The van der Waals surface area contributed by atoms with Crippen molar-refractivity contribution in [2.24, 2.45) is 11.8 Å². The van der Waals surface area contributed by atoms with Crippen LogP contribution in [0.2, 0.25) is 0 Å². The Morgan fingerprint density at radius 1 is 1.26 bits per heavy atom. The Labute approximate surface area is 164 Å². The highest BCUT2D eigenvalue weighted by molar-refractivity contribution is 5.97. The lowest BCUT2D eigenvalue weighted by molar-refractivity contribution is -0.137. The van der Waals surface area contributed by atoms with E-state index in [0.29, 0.717) is 18.9 Å². The number of hydrogen-bond acceptors (Lipinski definition) is 4. The van der Waals surface area contributed by atoms with Crippen LogP contribution in [0, 0.1) is 11.8 Å². The van der Waals surface area contributed by atoms with Crippen LogP contribution in [0.1, 0.15) is 47.0 Å². The summed E-state index contributed by atoms with van der Waals surface area (Å²) < 4.78 is 11.3. The molecule has 0 bridgehead atoms. The van der Waals surface area contributed by atoms with Crippen molar-refractivity contribution in [2.75, 3.05) is 38.7 Å². The second-order valence-corrected chi connectivity index (χ2v) is 8.38. The van der Waals surface area contributed by atoms with E-state index in [0.717, 1.165) is 23.9 Å². The fraction of sp³-hybridized carbons (Fsp3) is 0.682. The zero-order chi connectivity index (χ0) is 19.9. The molecule has 1 aromatic rings. The third kappa shape index (κ3) is 6.82.